The van der Waals surface area contributed by atoms with Crippen LogP contribution in [0.4, 0.5) is 0 Å². The highest BCUT2D eigenvalue weighted by molar-refractivity contribution is 5.69. The molecule has 0 bridgehead atoms. The van der Waals surface area contributed by atoms with E-state index < -0.39 is 0 Å². The minimum Gasteiger partial charge on any atom is -0.464 e. The summed E-state index contributed by atoms with van der Waals surface area (Å²) in [4.78, 5) is 14.2. The summed E-state index contributed by atoms with van der Waals surface area (Å²) in [6, 6.07) is 0. The van der Waals surface area contributed by atoms with Crippen LogP contribution in [0, 0.1) is 0 Å². The molecule has 0 N–H and O–H groups in total. The Morgan fingerprint density at radius 3 is 1.38 bits per heavy atom. The lowest BCUT2D eigenvalue weighted by atomic mass is 10.0. The van der Waals surface area contributed by atoms with Gasteiger partial charge in [-0.15, -0.1) is 0 Å². The molecule has 0 fully saturated rings. The Balaban J connectivity index is 3.28. The van der Waals surface area contributed by atoms with Crippen molar-refractivity contribution >= 4 is 5.97 Å². The molecule has 0 aromatic carbocycles. The number of hydrogen-bond acceptors (Lipinski definition) is 3. The summed E-state index contributed by atoms with van der Waals surface area (Å²) in [6.07, 6.45) is 23.2. The molecular weight excluding hydrogens is 358 g/mol. The van der Waals surface area contributed by atoms with E-state index in [0.29, 0.717) is 13.0 Å². The van der Waals surface area contributed by atoms with Crippen LogP contribution in [0.15, 0.2) is 0 Å². The Labute approximate surface area is 183 Å². The molecule has 3 heteroatoms. The fourth-order valence-electron chi connectivity index (χ4n) is 3.97. The van der Waals surface area contributed by atoms with Crippen molar-refractivity contribution in [2.75, 3.05) is 26.2 Å². The summed E-state index contributed by atoms with van der Waals surface area (Å²) in [5, 5.41) is 0. The summed E-state index contributed by atoms with van der Waals surface area (Å²) in [5.74, 6) is -0.00681. The maximum Gasteiger partial charge on any atom is 0.305 e. The summed E-state index contributed by atoms with van der Waals surface area (Å²) in [7, 11) is 0. The first-order chi connectivity index (χ1) is 14.2. The standard InChI is InChI=1S/C26H53NO2/c1-4-7-8-9-10-11-12-13-14-15-16-17-18-19-20-21-26(28)29-25-24-27(22-5-2)23-6-3/h4-25H2,1-3H3. The number of carbonyl (C=O) groups is 1. The molecule has 0 radical (unpaired) electrons. The van der Waals surface area contributed by atoms with E-state index in [1.54, 1.807) is 0 Å². The third kappa shape index (κ3) is 21.9. The fourth-order valence-corrected chi connectivity index (χ4v) is 3.97. The van der Waals surface area contributed by atoms with Crippen LogP contribution in [0.3, 0.4) is 0 Å². The third-order valence-electron chi connectivity index (χ3n) is 5.73. The summed E-state index contributed by atoms with van der Waals surface area (Å²) < 4.78 is 5.40. The highest BCUT2D eigenvalue weighted by Crippen LogP contribution is 2.13. The van der Waals surface area contributed by atoms with E-state index >= 15 is 0 Å². The van der Waals surface area contributed by atoms with Crippen molar-refractivity contribution in [1.82, 2.24) is 4.90 Å². The minimum atomic E-state index is -0.00681. The number of unbranched alkanes of at least 4 members (excludes halogenated alkanes) is 14. The van der Waals surface area contributed by atoms with Gasteiger partial charge in [-0.3, -0.25) is 9.69 Å². The van der Waals surface area contributed by atoms with Crippen LogP contribution < -0.4 is 0 Å². The molecule has 0 aromatic rings. The molecule has 0 aromatic heterocycles. The topological polar surface area (TPSA) is 29.5 Å². The molecule has 29 heavy (non-hydrogen) atoms. The molecule has 3 nitrogen and oxygen atoms in total. The number of ether oxygens (including phenoxy) is 1. The molecule has 0 aliphatic heterocycles. The number of esters is 1. The van der Waals surface area contributed by atoms with Gasteiger partial charge in [0.15, 0.2) is 0 Å². The average molecular weight is 412 g/mol. The zero-order valence-corrected chi connectivity index (χ0v) is 20.3. The molecular formula is C26H53NO2. The molecule has 0 atom stereocenters. The molecule has 0 amide bonds. The predicted octanol–water partition coefficient (Wildman–Crippen LogP) is 7.91. The van der Waals surface area contributed by atoms with Crippen molar-refractivity contribution in [1.29, 1.82) is 0 Å². The lowest BCUT2D eigenvalue weighted by Crippen LogP contribution is -2.29. The van der Waals surface area contributed by atoms with Crippen molar-refractivity contribution in [3.63, 3.8) is 0 Å². The van der Waals surface area contributed by atoms with Crippen molar-refractivity contribution in [2.45, 2.75) is 136 Å². The molecule has 0 aliphatic rings. The van der Waals surface area contributed by atoms with Crippen LogP contribution >= 0.6 is 0 Å². The summed E-state index contributed by atoms with van der Waals surface area (Å²) in [6.45, 7) is 10.3. The first kappa shape index (κ1) is 28.4. The van der Waals surface area contributed by atoms with Gasteiger partial charge in [0.05, 0.1) is 0 Å². The highest BCUT2D eigenvalue weighted by Gasteiger charge is 2.06. The average Bonchev–Trinajstić information content (AvgIpc) is 2.71. The maximum atomic E-state index is 11.8. The van der Waals surface area contributed by atoms with Gasteiger partial charge >= 0.3 is 5.97 Å². The third-order valence-corrected chi connectivity index (χ3v) is 5.73. The monoisotopic (exact) mass is 411 g/mol. The second-order valence-corrected chi connectivity index (χ2v) is 8.76. The van der Waals surface area contributed by atoms with Gasteiger partial charge in [0.2, 0.25) is 0 Å². The Hall–Kier alpha value is -0.570. The van der Waals surface area contributed by atoms with Crippen LogP contribution in [-0.4, -0.2) is 37.1 Å². The van der Waals surface area contributed by atoms with Gasteiger partial charge in [0, 0.05) is 13.0 Å². The number of carbonyl (C=O) groups excluding carboxylic acids is 1. The molecule has 0 rings (SSSR count). The summed E-state index contributed by atoms with van der Waals surface area (Å²) in [5.41, 5.74) is 0. The fraction of sp³-hybridized carbons (Fsp3) is 0.962. The van der Waals surface area contributed by atoms with E-state index in [1.807, 2.05) is 0 Å². The van der Waals surface area contributed by atoms with E-state index in [1.165, 1.54) is 89.9 Å². The van der Waals surface area contributed by atoms with Crippen LogP contribution in [-0.2, 0) is 9.53 Å². The van der Waals surface area contributed by atoms with Crippen molar-refractivity contribution < 1.29 is 9.53 Å². The van der Waals surface area contributed by atoms with E-state index in [9.17, 15) is 4.79 Å². The second kappa shape index (κ2) is 23.7. The molecule has 0 spiro atoms. The molecule has 174 valence electrons. The van der Waals surface area contributed by atoms with Gasteiger partial charge in [0.25, 0.3) is 0 Å². The predicted molar refractivity (Wildman–Crippen MR) is 128 cm³/mol. The van der Waals surface area contributed by atoms with E-state index in [4.69, 9.17) is 4.74 Å². The van der Waals surface area contributed by atoms with Gasteiger partial charge in [0.1, 0.15) is 6.61 Å². The highest BCUT2D eigenvalue weighted by atomic mass is 16.5. The summed E-state index contributed by atoms with van der Waals surface area (Å²) >= 11 is 0. The quantitative estimate of drug-likeness (QED) is 0.126. The first-order valence-electron chi connectivity index (χ1n) is 13.1. The molecule has 0 aliphatic carbocycles. The number of rotatable bonds is 23. The molecule has 0 saturated carbocycles. The lowest BCUT2D eigenvalue weighted by molar-refractivity contribution is -0.144. The zero-order chi connectivity index (χ0) is 21.4. The van der Waals surface area contributed by atoms with Crippen LogP contribution in [0.1, 0.15) is 136 Å². The van der Waals surface area contributed by atoms with Crippen LogP contribution in [0.25, 0.3) is 0 Å². The van der Waals surface area contributed by atoms with Gasteiger partial charge in [-0.2, -0.15) is 0 Å². The van der Waals surface area contributed by atoms with Crippen molar-refractivity contribution in [3.05, 3.63) is 0 Å². The van der Waals surface area contributed by atoms with Gasteiger partial charge in [-0.05, 0) is 32.4 Å². The molecule has 0 saturated heterocycles. The zero-order valence-electron chi connectivity index (χ0n) is 20.3. The van der Waals surface area contributed by atoms with E-state index in [2.05, 4.69) is 25.7 Å². The number of hydrogen-bond donors (Lipinski definition) is 0. The Kier molecular flexibility index (Phi) is 23.2. The number of nitrogens with zero attached hydrogens (tertiary/aromatic N) is 1. The largest absolute Gasteiger partial charge is 0.464 e. The van der Waals surface area contributed by atoms with Gasteiger partial charge in [-0.1, -0.05) is 111 Å². The van der Waals surface area contributed by atoms with Gasteiger partial charge < -0.3 is 4.74 Å². The van der Waals surface area contributed by atoms with Gasteiger partial charge in [-0.25, -0.2) is 0 Å². The molecule has 0 heterocycles. The molecule has 0 unspecified atom stereocenters. The Morgan fingerprint density at radius 2 is 0.966 bits per heavy atom. The van der Waals surface area contributed by atoms with Crippen molar-refractivity contribution in [2.24, 2.45) is 0 Å². The Bertz CT molecular complexity index is 327. The van der Waals surface area contributed by atoms with Crippen LogP contribution in [0.2, 0.25) is 0 Å². The minimum absolute atomic E-state index is 0.00681. The maximum absolute atomic E-state index is 11.8. The Morgan fingerprint density at radius 1 is 0.552 bits per heavy atom. The smallest absolute Gasteiger partial charge is 0.305 e. The van der Waals surface area contributed by atoms with Crippen LogP contribution in [0.5, 0.6) is 0 Å². The SMILES string of the molecule is CCCCCCCCCCCCCCCCCC(=O)OCCN(CCC)CCC. The second-order valence-electron chi connectivity index (χ2n) is 8.76. The van der Waals surface area contributed by atoms with E-state index in [-0.39, 0.29) is 5.97 Å². The lowest BCUT2D eigenvalue weighted by Gasteiger charge is -2.20. The normalized spacial score (nSPS) is 11.3. The van der Waals surface area contributed by atoms with E-state index in [0.717, 1.165) is 38.9 Å². The van der Waals surface area contributed by atoms with Crippen molar-refractivity contribution in [3.8, 4) is 0 Å². The first-order valence-corrected chi connectivity index (χ1v) is 13.1.